The van der Waals surface area contributed by atoms with Crippen molar-refractivity contribution in [3.05, 3.63) is 0 Å². The minimum absolute atomic E-state index is 0.245. The van der Waals surface area contributed by atoms with Crippen molar-refractivity contribution in [1.82, 2.24) is 25.6 Å². The average Bonchev–Trinajstić information content (AvgIpc) is 2.51. The second-order valence-electron chi connectivity index (χ2n) is 1.91. The molecule has 1 rings (SSSR count). The summed E-state index contributed by atoms with van der Waals surface area (Å²) in [5.41, 5.74) is 12.3. The van der Waals surface area contributed by atoms with Crippen LogP contribution in [0, 0.1) is 0 Å². The highest BCUT2D eigenvalue weighted by Crippen LogP contribution is 1.82. The molecule has 1 heterocycles. The first kappa shape index (κ1) is 11.1. The second kappa shape index (κ2) is 5.71. The van der Waals surface area contributed by atoms with E-state index >= 15 is 0 Å². The standard InChI is InChI=1S/C2H5N5.C2H8N4/c1-7-2(3)4-5-6-7;1-5-2(3)6-4/h1H3,(H2,3,4,6);4H2,1H3,(H3,3,5,6). The summed E-state index contributed by atoms with van der Waals surface area (Å²) < 4.78 is 1.39. The van der Waals surface area contributed by atoms with Gasteiger partial charge in [-0.3, -0.25) is 10.4 Å². The molecule has 0 fully saturated rings. The summed E-state index contributed by atoms with van der Waals surface area (Å²) in [5.74, 6) is 5.36. The van der Waals surface area contributed by atoms with Crippen LogP contribution in [-0.2, 0) is 7.05 Å². The fraction of sp³-hybridized carbons (Fsp3) is 0.500. The number of hydrogen-bond donors (Lipinski definition) is 4. The lowest BCUT2D eigenvalue weighted by molar-refractivity contribution is 0.716. The first-order chi connectivity index (χ1) is 6.11. The van der Waals surface area contributed by atoms with E-state index in [0.717, 1.165) is 0 Å². The number of anilines is 1. The van der Waals surface area contributed by atoms with Gasteiger partial charge in [-0.1, -0.05) is 5.10 Å². The van der Waals surface area contributed by atoms with Crippen molar-refractivity contribution in [1.29, 1.82) is 0 Å². The highest BCUT2D eigenvalue weighted by molar-refractivity contribution is 5.76. The van der Waals surface area contributed by atoms with Gasteiger partial charge in [0.05, 0.1) is 0 Å². The monoisotopic (exact) mass is 187 g/mol. The van der Waals surface area contributed by atoms with E-state index in [2.05, 4.69) is 25.9 Å². The van der Waals surface area contributed by atoms with Crippen LogP contribution in [0.4, 0.5) is 5.95 Å². The predicted octanol–water partition coefficient (Wildman–Crippen LogP) is -2.81. The second-order valence-corrected chi connectivity index (χ2v) is 1.91. The summed E-state index contributed by atoms with van der Waals surface area (Å²) in [4.78, 5) is 3.47. The largest absolute Gasteiger partial charge is 0.369 e. The van der Waals surface area contributed by atoms with E-state index in [-0.39, 0.29) is 5.96 Å². The lowest BCUT2D eigenvalue weighted by atomic mass is 11.0. The van der Waals surface area contributed by atoms with Gasteiger partial charge in [-0.15, -0.1) is 0 Å². The van der Waals surface area contributed by atoms with Crippen LogP contribution >= 0.6 is 0 Å². The molecule has 0 aliphatic carbocycles. The Morgan fingerprint density at radius 2 is 2.23 bits per heavy atom. The Balaban J connectivity index is 0.000000226. The molecule has 0 atom stereocenters. The number of tetrazole rings is 1. The number of aryl methyl sites for hydroxylation is 1. The number of nitrogens with two attached hydrogens (primary N) is 3. The molecule has 7 N–H and O–H groups in total. The van der Waals surface area contributed by atoms with Gasteiger partial charge in [-0.05, 0) is 10.4 Å². The van der Waals surface area contributed by atoms with Crippen molar-refractivity contribution < 1.29 is 0 Å². The van der Waals surface area contributed by atoms with Gasteiger partial charge in [-0.2, -0.15) is 0 Å². The molecule has 0 bridgehead atoms. The quantitative estimate of drug-likeness (QED) is 0.148. The van der Waals surface area contributed by atoms with Gasteiger partial charge in [0.1, 0.15) is 0 Å². The number of hydrogen-bond acceptors (Lipinski definition) is 6. The summed E-state index contributed by atoms with van der Waals surface area (Å²) in [6.07, 6.45) is 0. The first-order valence-electron chi connectivity index (χ1n) is 3.28. The maximum atomic E-state index is 5.17. The molecule has 0 aromatic carbocycles. The van der Waals surface area contributed by atoms with Crippen molar-refractivity contribution in [3.63, 3.8) is 0 Å². The Morgan fingerprint density at radius 3 is 2.31 bits per heavy atom. The Kier molecular flexibility index (Phi) is 4.88. The zero-order valence-corrected chi connectivity index (χ0v) is 7.47. The zero-order chi connectivity index (χ0) is 10.3. The zero-order valence-electron chi connectivity index (χ0n) is 7.47. The van der Waals surface area contributed by atoms with Gasteiger partial charge in [0.25, 0.3) is 0 Å². The van der Waals surface area contributed by atoms with Gasteiger partial charge in [-0.25, -0.2) is 10.5 Å². The Labute approximate surface area is 75.0 Å². The molecule has 0 saturated carbocycles. The Hall–Kier alpha value is -1.90. The van der Waals surface area contributed by atoms with Gasteiger partial charge in [0, 0.05) is 14.1 Å². The lowest BCUT2D eigenvalue weighted by Gasteiger charge is -1.90. The van der Waals surface area contributed by atoms with Crippen LogP contribution in [0.15, 0.2) is 4.99 Å². The smallest absolute Gasteiger partial charge is 0.240 e. The van der Waals surface area contributed by atoms with Crippen molar-refractivity contribution in [3.8, 4) is 0 Å². The van der Waals surface area contributed by atoms with E-state index in [9.17, 15) is 0 Å². The highest BCUT2D eigenvalue weighted by atomic mass is 15.6. The summed E-state index contributed by atoms with van der Waals surface area (Å²) >= 11 is 0. The van der Waals surface area contributed by atoms with E-state index in [4.69, 9.17) is 17.3 Å². The normalized spacial score (nSPS) is 10.2. The average molecular weight is 187 g/mol. The van der Waals surface area contributed by atoms with Crippen LogP contribution in [0.5, 0.6) is 0 Å². The van der Waals surface area contributed by atoms with Crippen LogP contribution in [0.25, 0.3) is 0 Å². The topological polar surface area (TPSA) is 146 Å². The molecule has 9 nitrogen and oxygen atoms in total. The molecule has 0 aliphatic heterocycles. The molecule has 0 spiro atoms. The molecule has 0 unspecified atom stereocenters. The molecule has 74 valence electrons. The van der Waals surface area contributed by atoms with Gasteiger partial charge in [0.15, 0.2) is 0 Å². The van der Waals surface area contributed by atoms with Gasteiger partial charge in [0.2, 0.25) is 11.9 Å². The molecule has 1 aromatic rings. The number of nitrogen functional groups attached to an aromatic ring is 1. The van der Waals surface area contributed by atoms with E-state index in [1.807, 2.05) is 0 Å². The Morgan fingerprint density at radius 1 is 1.62 bits per heavy atom. The van der Waals surface area contributed by atoms with E-state index < -0.39 is 0 Å². The van der Waals surface area contributed by atoms with Crippen LogP contribution < -0.4 is 22.7 Å². The summed E-state index contributed by atoms with van der Waals surface area (Å²) in [7, 11) is 3.23. The van der Waals surface area contributed by atoms with Crippen LogP contribution in [0.2, 0.25) is 0 Å². The number of nitrogens with zero attached hydrogens (tertiary/aromatic N) is 5. The molecule has 1 aromatic heterocycles. The maximum Gasteiger partial charge on any atom is 0.240 e. The maximum absolute atomic E-state index is 5.17. The fourth-order valence-corrected chi connectivity index (χ4v) is 0.301. The summed E-state index contributed by atoms with van der Waals surface area (Å²) in [6.45, 7) is 0. The number of guanidine groups is 1. The van der Waals surface area contributed by atoms with Gasteiger partial charge >= 0.3 is 0 Å². The van der Waals surface area contributed by atoms with Crippen molar-refractivity contribution >= 4 is 11.9 Å². The molecular formula is C4H13N9. The van der Waals surface area contributed by atoms with E-state index in [1.54, 1.807) is 14.1 Å². The first-order valence-corrected chi connectivity index (χ1v) is 3.28. The molecule has 0 aliphatic rings. The predicted molar refractivity (Wildman–Crippen MR) is 48.1 cm³/mol. The number of hydrazine groups is 1. The van der Waals surface area contributed by atoms with Crippen LogP contribution in [-0.4, -0.2) is 33.2 Å². The van der Waals surface area contributed by atoms with Crippen molar-refractivity contribution in [2.75, 3.05) is 12.8 Å². The Bertz CT molecular complexity index is 246. The molecule has 13 heavy (non-hydrogen) atoms. The molecule has 0 amide bonds. The number of rotatable bonds is 0. The fourth-order valence-electron chi connectivity index (χ4n) is 0.301. The van der Waals surface area contributed by atoms with Crippen LogP contribution in [0.1, 0.15) is 0 Å². The third-order valence-corrected chi connectivity index (χ3v) is 1.04. The van der Waals surface area contributed by atoms with E-state index in [1.165, 1.54) is 4.68 Å². The molecule has 9 heteroatoms. The number of aliphatic imine (C=N–C) groups is 1. The molecular weight excluding hydrogens is 174 g/mol. The van der Waals surface area contributed by atoms with Crippen molar-refractivity contribution in [2.24, 2.45) is 23.6 Å². The minimum atomic E-state index is 0.245. The lowest BCUT2D eigenvalue weighted by Crippen LogP contribution is -2.36. The van der Waals surface area contributed by atoms with Gasteiger partial charge < -0.3 is 11.5 Å². The molecule has 0 radical (unpaired) electrons. The number of aromatic nitrogens is 4. The molecule has 0 saturated heterocycles. The summed E-state index contributed by atoms with van der Waals surface area (Å²) in [5, 5.41) is 10.1. The third-order valence-electron chi connectivity index (χ3n) is 1.04. The minimum Gasteiger partial charge on any atom is -0.369 e. The highest BCUT2D eigenvalue weighted by Gasteiger charge is 1.88. The number of nitrogens with one attached hydrogen (secondary N) is 1. The van der Waals surface area contributed by atoms with Crippen LogP contribution in [0.3, 0.4) is 0 Å². The van der Waals surface area contributed by atoms with E-state index in [0.29, 0.717) is 5.95 Å². The SMILES string of the molecule is CN=C(N)NN.Cn1nnnc1N. The third kappa shape index (κ3) is 4.53. The summed E-state index contributed by atoms with van der Waals surface area (Å²) in [6, 6.07) is 0. The van der Waals surface area contributed by atoms with Crippen molar-refractivity contribution in [2.45, 2.75) is 0 Å².